The van der Waals surface area contributed by atoms with Crippen molar-refractivity contribution in [3.63, 3.8) is 0 Å². The van der Waals surface area contributed by atoms with E-state index in [0.29, 0.717) is 16.9 Å². The van der Waals surface area contributed by atoms with Gasteiger partial charge in [-0.05, 0) is 68.5 Å². The summed E-state index contributed by atoms with van der Waals surface area (Å²) in [6.45, 7) is 2.66. The minimum Gasteiger partial charge on any atom is -0.497 e. The van der Waals surface area contributed by atoms with Gasteiger partial charge in [-0.15, -0.1) is 0 Å². The van der Waals surface area contributed by atoms with Gasteiger partial charge in [0.05, 0.1) is 25.0 Å². The van der Waals surface area contributed by atoms with Crippen molar-refractivity contribution in [3.8, 4) is 11.5 Å². The number of benzene rings is 3. The van der Waals surface area contributed by atoms with E-state index in [1.807, 2.05) is 12.1 Å². The maximum atomic E-state index is 14.0. The number of likely N-dealkylation sites (N-methyl/N-ethyl adjacent to an activating group) is 1. The van der Waals surface area contributed by atoms with E-state index < -0.39 is 49.1 Å². The van der Waals surface area contributed by atoms with Crippen LogP contribution < -0.4 is 25.0 Å². The highest BCUT2D eigenvalue weighted by molar-refractivity contribution is 6.12. The molecule has 2 amide bonds. The number of nitrogens with zero attached hydrogens (tertiary/aromatic N) is 2. The average molecular weight is 637 g/mol. The van der Waals surface area contributed by atoms with Crippen molar-refractivity contribution in [3.05, 3.63) is 77.9 Å². The molecule has 6 N–H and O–H groups in total. The van der Waals surface area contributed by atoms with Crippen LogP contribution in [-0.4, -0.2) is 115 Å². The van der Waals surface area contributed by atoms with Gasteiger partial charge in [0.25, 0.3) is 11.8 Å². The Morgan fingerprint density at radius 2 is 1.63 bits per heavy atom. The van der Waals surface area contributed by atoms with Crippen LogP contribution in [0.25, 0.3) is 0 Å². The molecule has 3 aromatic rings. The Morgan fingerprint density at radius 3 is 2.37 bits per heavy atom. The Labute approximate surface area is 266 Å². The monoisotopic (exact) mass is 636 g/mol. The summed E-state index contributed by atoms with van der Waals surface area (Å²) in [4.78, 5) is 31.7. The summed E-state index contributed by atoms with van der Waals surface area (Å²) in [5.74, 6) is -0.372. The second kappa shape index (κ2) is 14.9. The third-order valence-electron chi connectivity index (χ3n) is 8.17. The standard InChI is InChI=1S/C33H40N4O9/c1-36-15-6-16-37(18-17-36)24-9-4-3-7-22(24)32(43)35-27-23(34-31(42)20-11-13-21(44-2)14-12-20)8-5-10-25(27)45-33-30(41)29(40)28(39)26(19-38)46-33/h3-5,7-14,26,28-30,33,38-41H,6,15-19H2,1-2H3,(H,34,42)(H,35,43)/t26-,28-,29+,30-,33?/m1/s1. The summed E-state index contributed by atoms with van der Waals surface area (Å²) in [6, 6.07) is 18.4. The van der Waals surface area contributed by atoms with Gasteiger partial charge < -0.3 is 55.1 Å². The summed E-state index contributed by atoms with van der Waals surface area (Å²) in [5, 5.41) is 46.5. The Kier molecular flexibility index (Phi) is 10.7. The number of carbonyl (C=O) groups is 2. The minimum absolute atomic E-state index is 0.000844. The molecule has 13 heteroatoms. The summed E-state index contributed by atoms with van der Waals surface area (Å²) in [6.07, 6.45) is -6.75. The van der Waals surface area contributed by atoms with E-state index in [1.54, 1.807) is 48.5 Å². The van der Waals surface area contributed by atoms with Gasteiger partial charge in [0.15, 0.2) is 0 Å². The van der Waals surface area contributed by atoms with Crippen molar-refractivity contribution in [1.82, 2.24) is 4.90 Å². The number of methoxy groups -OCH3 is 1. The lowest BCUT2D eigenvalue weighted by molar-refractivity contribution is -0.277. The summed E-state index contributed by atoms with van der Waals surface area (Å²) >= 11 is 0. The van der Waals surface area contributed by atoms with Crippen molar-refractivity contribution >= 4 is 28.9 Å². The Hall–Kier alpha value is -4.24. The molecule has 246 valence electrons. The second-order valence-electron chi connectivity index (χ2n) is 11.3. The zero-order chi connectivity index (χ0) is 32.8. The third-order valence-corrected chi connectivity index (χ3v) is 8.17. The molecule has 2 fully saturated rings. The van der Waals surface area contributed by atoms with Crippen molar-refractivity contribution < 1.29 is 44.2 Å². The molecule has 0 bridgehead atoms. The molecule has 0 saturated carbocycles. The predicted octanol–water partition coefficient (Wildman–Crippen LogP) is 1.52. The number of anilines is 3. The summed E-state index contributed by atoms with van der Waals surface area (Å²) in [5.41, 5.74) is 1.74. The van der Waals surface area contributed by atoms with Crippen LogP contribution in [0.1, 0.15) is 27.1 Å². The first kappa shape index (κ1) is 33.1. The molecule has 2 saturated heterocycles. The van der Waals surface area contributed by atoms with Gasteiger partial charge in [-0.25, -0.2) is 0 Å². The molecule has 2 heterocycles. The van der Waals surface area contributed by atoms with Crippen LogP contribution in [0.5, 0.6) is 11.5 Å². The lowest BCUT2D eigenvalue weighted by Crippen LogP contribution is -2.60. The maximum Gasteiger partial charge on any atom is 0.257 e. The van der Waals surface area contributed by atoms with Gasteiger partial charge in [-0.2, -0.15) is 0 Å². The van der Waals surface area contributed by atoms with E-state index in [1.165, 1.54) is 13.2 Å². The van der Waals surface area contributed by atoms with Crippen LogP contribution >= 0.6 is 0 Å². The number of carbonyl (C=O) groups excluding carboxylic acids is 2. The minimum atomic E-state index is -1.69. The topological polar surface area (TPSA) is 173 Å². The maximum absolute atomic E-state index is 14.0. The molecule has 46 heavy (non-hydrogen) atoms. The molecule has 3 aromatic carbocycles. The largest absolute Gasteiger partial charge is 0.497 e. The van der Waals surface area contributed by atoms with Gasteiger partial charge in [0, 0.05) is 30.9 Å². The fourth-order valence-corrected chi connectivity index (χ4v) is 5.50. The number of hydrogen-bond acceptors (Lipinski definition) is 11. The number of aliphatic hydroxyl groups excluding tert-OH is 4. The molecule has 1 unspecified atom stereocenters. The van der Waals surface area contributed by atoms with Crippen LogP contribution in [0.4, 0.5) is 17.1 Å². The smallest absolute Gasteiger partial charge is 0.257 e. The van der Waals surface area contributed by atoms with Gasteiger partial charge >= 0.3 is 0 Å². The predicted molar refractivity (Wildman–Crippen MR) is 171 cm³/mol. The quantitative estimate of drug-likeness (QED) is 0.201. The lowest BCUT2D eigenvalue weighted by atomic mass is 9.99. The molecular formula is C33H40N4O9. The molecule has 2 aliphatic rings. The van der Waals surface area contributed by atoms with Crippen LogP contribution in [0.3, 0.4) is 0 Å². The number of ether oxygens (including phenoxy) is 3. The second-order valence-corrected chi connectivity index (χ2v) is 11.3. The molecule has 5 atom stereocenters. The number of aliphatic hydroxyl groups is 4. The third kappa shape index (κ3) is 7.41. The molecular weight excluding hydrogens is 596 g/mol. The Bertz CT molecular complexity index is 1500. The molecule has 13 nitrogen and oxygen atoms in total. The van der Waals surface area contributed by atoms with E-state index in [0.717, 1.165) is 38.3 Å². The van der Waals surface area contributed by atoms with E-state index in [4.69, 9.17) is 14.2 Å². The van der Waals surface area contributed by atoms with Crippen molar-refractivity contribution in [1.29, 1.82) is 0 Å². The molecule has 0 radical (unpaired) electrons. The highest BCUT2D eigenvalue weighted by atomic mass is 16.7. The number of amides is 2. The number of rotatable bonds is 9. The SMILES string of the molecule is COc1ccc(C(=O)Nc2cccc(OC3O[C@H](CO)[C@@H](O)[C@H](O)[C@H]3O)c2NC(=O)c2ccccc2N2CCCN(C)CC2)cc1. The molecule has 0 aromatic heterocycles. The first-order valence-corrected chi connectivity index (χ1v) is 15.1. The normalized spacial score (nSPS) is 23.7. The number of nitrogens with one attached hydrogen (secondary N) is 2. The number of hydrogen-bond donors (Lipinski definition) is 6. The Morgan fingerprint density at radius 1 is 0.870 bits per heavy atom. The van der Waals surface area contributed by atoms with Crippen LogP contribution in [-0.2, 0) is 4.74 Å². The summed E-state index contributed by atoms with van der Waals surface area (Å²) < 4.78 is 16.7. The van der Waals surface area contributed by atoms with Gasteiger partial charge in [-0.3, -0.25) is 9.59 Å². The van der Waals surface area contributed by atoms with E-state index in [9.17, 15) is 30.0 Å². The van der Waals surface area contributed by atoms with E-state index in [-0.39, 0.29) is 17.1 Å². The molecule has 0 aliphatic carbocycles. The first-order chi connectivity index (χ1) is 22.2. The average Bonchev–Trinajstić information content (AvgIpc) is 3.30. The first-order valence-electron chi connectivity index (χ1n) is 15.1. The highest BCUT2D eigenvalue weighted by Crippen LogP contribution is 2.37. The Balaban J connectivity index is 1.48. The van der Waals surface area contributed by atoms with Crippen molar-refractivity contribution in [2.24, 2.45) is 0 Å². The van der Waals surface area contributed by atoms with Crippen LogP contribution in [0.15, 0.2) is 66.7 Å². The van der Waals surface area contributed by atoms with E-state index in [2.05, 4.69) is 27.5 Å². The zero-order valence-electron chi connectivity index (χ0n) is 25.7. The van der Waals surface area contributed by atoms with Crippen LogP contribution in [0.2, 0.25) is 0 Å². The van der Waals surface area contributed by atoms with Gasteiger partial charge in [0.1, 0.15) is 41.6 Å². The summed E-state index contributed by atoms with van der Waals surface area (Å²) in [7, 11) is 3.59. The highest BCUT2D eigenvalue weighted by Gasteiger charge is 2.45. The molecule has 2 aliphatic heterocycles. The fraction of sp³-hybridized carbons (Fsp3) is 0.394. The fourth-order valence-electron chi connectivity index (χ4n) is 5.50. The number of para-hydroxylation sites is 2. The van der Waals surface area contributed by atoms with Crippen molar-refractivity contribution in [2.45, 2.75) is 37.1 Å². The van der Waals surface area contributed by atoms with Crippen LogP contribution in [0, 0.1) is 0 Å². The van der Waals surface area contributed by atoms with Gasteiger partial charge in [0.2, 0.25) is 6.29 Å². The van der Waals surface area contributed by atoms with E-state index >= 15 is 0 Å². The van der Waals surface area contributed by atoms with Gasteiger partial charge in [-0.1, -0.05) is 18.2 Å². The molecule has 0 spiro atoms. The molecule has 5 rings (SSSR count). The zero-order valence-corrected chi connectivity index (χ0v) is 25.7. The van der Waals surface area contributed by atoms with Crippen molar-refractivity contribution in [2.75, 3.05) is 62.5 Å². The lowest BCUT2D eigenvalue weighted by Gasteiger charge is -2.39.